The lowest BCUT2D eigenvalue weighted by Crippen LogP contribution is -2.29. The van der Waals surface area contributed by atoms with Crippen LogP contribution in [0.15, 0.2) is 78.6 Å². The SMILES string of the molecule is CCCCCOc1cccc(C2C(=C(O)c3ccc(Cl)cc3)C(=O)C(=O)N2Cc2ccncc2)c1. The topological polar surface area (TPSA) is 79.7 Å². The van der Waals surface area contributed by atoms with Gasteiger partial charge in [-0.1, -0.05) is 43.5 Å². The fraction of sp³-hybridized carbons (Fsp3) is 0.250. The van der Waals surface area contributed by atoms with E-state index in [0.29, 0.717) is 28.5 Å². The molecular formula is C28H27ClN2O4. The molecule has 180 valence electrons. The molecule has 2 aromatic carbocycles. The maximum Gasteiger partial charge on any atom is 0.295 e. The minimum Gasteiger partial charge on any atom is -0.507 e. The zero-order chi connectivity index (χ0) is 24.8. The molecule has 0 saturated carbocycles. The van der Waals surface area contributed by atoms with Gasteiger partial charge in [-0.15, -0.1) is 0 Å². The van der Waals surface area contributed by atoms with Crippen LogP contribution in [0.2, 0.25) is 5.02 Å². The first-order valence-electron chi connectivity index (χ1n) is 11.7. The molecule has 1 atom stereocenters. The molecule has 0 bridgehead atoms. The third-order valence-corrected chi connectivity index (χ3v) is 6.20. The highest BCUT2D eigenvalue weighted by atomic mass is 35.5. The van der Waals surface area contributed by atoms with Gasteiger partial charge in [-0.3, -0.25) is 14.6 Å². The van der Waals surface area contributed by atoms with Crippen molar-refractivity contribution >= 4 is 29.1 Å². The molecule has 0 spiro atoms. The van der Waals surface area contributed by atoms with Gasteiger partial charge >= 0.3 is 0 Å². The number of carbonyl (C=O) groups is 2. The highest BCUT2D eigenvalue weighted by molar-refractivity contribution is 6.46. The number of aliphatic hydroxyl groups excluding tert-OH is 1. The number of carbonyl (C=O) groups excluding carboxylic acids is 2. The van der Waals surface area contributed by atoms with Gasteiger partial charge in [0.15, 0.2) is 0 Å². The number of ether oxygens (including phenoxy) is 1. The average molecular weight is 491 g/mol. The lowest BCUT2D eigenvalue weighted by atomic mass is 9.95. The van der Waals surface area contributed by atoms with E-state index in [-0.39, 0.29) is 17.9 Å². The molecule has 1 saturated heterocycles. The van der Waals surface area contributed by atoms with Crippen LogP contribution in [0.4, 0.5) is 0 Å². The highest BCUT2D eigenvalue weighted by Crippen LogP contribution is 2.41. The van der Waals surface area contributed by atoms with Gasteiger partial charge in [-0.2, -0.15) is 0 Å². The molecule has 1 aliphatic heterocycles. The van der Waals surface area contributed by atoms with Crippen LogP contribution in [0.25, 0.3) is 5.76 Å². The van der Waals surface area contributed by atoms with Gasteiger partial charge in [-0.25, -0.2) is 0 Å². The third kappa shape index (κ3) is 5.54. The summed E-state index contributed by atoms with van der Waals surface area (Å²) in [4.78, 5) is 31.9. The van der Waals surface area contributed by atoms with Crippen LogP contribution >= 0.6 is 11.6 Å². The van der Waals surface area contributed by atoms with Crippen molar-refractivity contribution < 1.29 is 19.4 Å². The van der Waals surface area contributed by atoms with Crippen molar-refractivity contribution in [3.63, 3.8) is 0 Å². The third-order valence-electron chi connectivity index (χ3n) is 5.95. The Kier molecular flexibility index (Phi) is 7.83. The number of hydrogen-bond acceptors (Lipinski definition) is 5. The Bertz CT molecular complexity index is 1230. The van der Waals surface area contributed by atoms with Crippen molar-refractivity contribution in [3.8, 4) is 5.75 Å². The Morgan fingerprint density at radius 3 is 2.51 bits per heavy atom. The summed E-state index contributed by atoms with van der Waals surface area (Å²) in [5, 5.41) is 11.7. The van der Waals surface area contributed by atoms with Gasteiger partial charge < -0.3 is 14.7 Å². The fourth-order valence-corrected chi connectivity index (χ4v) is 4.28. The Labute approximate surface area is 209 Å². The smallest absolute Gasteiger partial charge is 0.295 e. The Hall–Kier alpha value is -3.64. The lowest BCUT2D eigenvalue weighted by Gasteiger charge is -2.26. The minimum atomic E-state index is -0.780. The minimum absolute atomic E-state index is 0.0366. The Morgan fingerprint density at radius 2 is 1.80 bits per heavy atom. The second-order valence-electron chi connectivity index (χ2n) is 8.42. The molecule has 0 radical (unpaired) electrons. The maximum atomic E-state index is 13.2. The molecule has 1 fully saturated rings. The molecule has 4 rings (SSSR count). The van der Waals surface area contributed by atoms with Crippen molar-refractivity contribution in [2.75, 3.05) is 6.61 Å². The first kappa shape index (κ1) is 24.5. The number of Topliss-reactive ketones (excluding diaryl/α,β-unsaturated/α-hetero) is 1. The number of aromatic nitrogens is 1. The zero-order valence-corrected chi connectivity index (χ0v) is 20.2. The van der Waals surface area contributed by atoms with Crippen LogP contribution in [0.5, 0.6) is 5.75 Å². The number of halogens is 1. The van der Waals surface area contributed by atoms with Crippen molar-refractivity contribution in [3.05, 3.63) is 100 Å². The summed E-state index contributed by atoms with van der Waals surface area (Å²) >= 11 is 6.00. The Balaban J connectivity index is 1.77. The zero-order valence-electron chi connectivity index (χ0n) is 19.5. The molecule has 3 aromatic rings. The van der Waals surface area contributed by atoms with Crippen molar-refractivity contribution in [2.45, 2.75) is 38.8 Å². The van der Waals surface area contributed by atoms with E-state index < -0.39 is 17.7 Å². The number of unbranched alkanes of at least 4 members (excludes halogenated alkanes) is 2. The van der Waals surface area contributed by atoms with Crippen molar-refractivity contribution in [2.24, 2.45) is 0 Å². The number of ketones is 1. The van der Waals surface area contributed by atoms with Gasteiger partial charge in [0.05, 0.1) is 18.2 Å². The molecule has 1 aromatic heterocycles. The van der Waals surface area contributed by atoms with E-state index in [1.165, 1.54) is 4.90 Å². The van der Waals surface area contributed by atoms with Gasteiger partial charge in [0.2, 0.25) is 0 Å². The molecule has 6 nitrogen and oxygen atoms in total. The summed E-state index contributed by atoms with van der Waals surface area (Å²) in [5.74, 6) is -0.988. The number of amides is 1. The average Bonchev–Trinajstić information content (AvgIpc) is 3.12. The number of nitrogens with zero attached hydrogens (tertiary/aromatic N) is 2. The van der Waals surface area contributed by atoms with Gasteiger partial charge in [-0.05, 0) is 66.1 Å². The second kappa shape index (κ2) is 11.2. The molecule has 2 heterocycles. The van der Waals surface area contributed by atoms with Crippen molar-refractivity contribution in [1.82, 2.24) is 9.88 Å². The molecule has 0 aliphatic carbocycles. The largest absolute Gasteiger partial charge is 0.507 e. The summed E-state index contributed by atoms with van der Waals surface area (Å²) in [7, 11) is 0. The molecule has 1 N–H and O–H groups in total. The number of hydrogen-bond donors (Lipinski definition) is 1. The predicted molar refractivity (Wildman–Crippen MR) is 135 cm³/mol. The summed E-state index contributed by atoms with van der Waals surface area (Å²) in [5.41, 5.74) is 1.95. The van der Waals surface area contributed by atoms with Gasteiger partial charge in [0, 0.05) is 29.5 Å². The summed E-state index contributed by atoms with van der Waals surface area (Å²) < 4.78 is 5.92. The summed E-state index contributed by atoms with van der Waals surface area (Å²) in [6, 6.07) is 16.7. The van der Waals surface area contributed by atoms with E-state index in [1.807, 2.05) is 24.3 Å². The number of rotatable bonds is 9. The fourth-order valence-electron chi connectivity index (χ4n) is 4.15. The second-order valence-corrected chi connectivity index (χ2v) is 8.85. The molecule has 1 amide bonds. The molecule has 35 heavy (non-hydrogen) atoms. The molecule has 1 unspecified atom stereocenters. The van der Waals surface area contributed by atoms with E-state index in [9.17, 15) is 14.7 Å². The molecular weight excluding hydrogens is 464 g/mol. The van der Waals surface area contributed by atoms with Gasteiger partial charge in [0.25, 0.3) is 11.7 Å². The quantitative estimate of drug-likeness (QED) is 0.174. The van der Waals surface area contributed by atoms with Crippen LogP contribution in [0.3, 0.4) is 0 Å². The van der Waals surface area contributed by atoms with Crippen LogP contribution in [0.1, 0.15) is 48.9 Å². The molecule has 1 aliphatic rings. The van der Waals surface area contributed by atoms with E-state index in [2.05, 4.69) is 11.9 Å². The number of pyridine rings is 1. The van der Waals surface area contributed by atoms with Crippen LogP contribution in [0, 0.1) is 0 Å². The standard InChI is InChI=1S/C28H27ClN2O4/c1-2-3-4-16-35-23-7-5-6-21(17-23)25-24(26(32)20-8-10-22(29)11-9-20)27(33)28(34)31(25)18-19-12-14-30-15-13-19/h5-15,17,25,32H,2-4,16,18H2,1H3. The first-order chi connectivity index (χ1) is 17.0. The normalized spacial score (nSPS) is 17.1. The monoisotopic (exact) mass is 490 g/mol. The van der Waals surface area contributed by atoms with Gasteiger partial charge in [0.1, 0.15) is 11.5 Å². The lowest BCUT2D eigenvalue weighted by molar-refractivity contribution is -0.140. The number of aliphatic hydroxyl groups is 1. The van der Waals surface area contributed by atoms with E-state index >= 15 is 0 Å². The highest BCUT2D eigenvalue weighted by Gasteiger charge is 2.46. The first-order valence-corrected chi connectivity index (χ1v) is 12.0. The summed E-state index contributed by atoms with van der Waals surface area (Å²) in [6.07, 6.45) is 6.39. The predicted octanol–water partition coefficient (Wildman–Crippen LogP) is 5.93. The van der Waals surface area contributed by atoms with Crippen molar-refractivity contribution in [1.29, 1.82) is 0 Å². The number of likely N-dealkylation sites (tertiary alicyclic amines) is 1. The Morgan fingerprint density at radius 1 is 1.06 bits per heavy atom. The van der Waals surface area contributed by atoms with E-state index in [1.54, 1.807) is 48.8 Å². The molecule has 7 heteroatoms. The van der Waals surface area contributed by atoms with Crippen LogP contribution in [-0.4, -0.2) is 33.3 Å². The van der Waals surface area contributed by atoms with Crippen LogP contribution in [-0.2, 0) is 16.1 Å². The summed E-state index contributed by atoms with van der Waals surface area (Å²) in [6.45, 7) is 2.91. The van der Waals surface area contributed by atoms with E-state index in [4.69, 9.17) is 16.3 Å². The van der Waals surface area contributed by atoms with Crippen LogP contribution < -0.4 is 4.74 Å². The van der Waals surface area contributed by atoms with E-state index in [0.717, 1.165) is 24.8 Å². The number of benzene rings is 2. The maximum absolute atomic E-state index is 13.2.